The normalized spacial score (nSPS) is 17.2. The van der Waals surface area contributed by atoms with Crippen molar-refractivity contribution in [1.29, 1.82) is 0 Å². The van der Waals surface area contributed by atoms with Gasteiger partial charge < -0.3 is 9.84 Å². The van der Waals surface area contributed by atoms with Crippen molar-refractivity contribution in [3.05, 3.63) is 23.3 Å². The van der Waals surface area contributed by atoms with Gasteiger partial charge in [0.15, 0.2) is 0 Å². The fraction of sp³-hybridized carbons (Fsp3) is 0.417. The molecule has 1 amide bonds. The SMILES string of the molecule is CCC1Cc2c(C)ccc(NNC(=O)O)c2O1. The highest BCUT2D eigenvalue weighted by molar-refractivity contribution is 5.70. The zero-order valence-electron chi connectivity index (χ0n) is 9.91. The van der Waals surface area contributed by atoms with Crippen LogP contribution in [0, 0.1) is 6.92 Å². The Morgan fingerprint density at radius 2 is 2.35 bits per heavy atom. The number of aryl methyl sites for hydroxylation is 1. The number of rotatable bonds is 3. The number of hydrogen-bond acceptors (Lipinski definition) is 3. The zero-order chi connectivity index (χ0) is 12.4. The van der Waals surface area contributed by atoms with Crippen LogP contribution < -0.4 is 15.6 Å². The van der Waals surface area contributed by atoms with Gasteiger partial charge in [-0.1, -0.05) is 13.0 Å². The van der Waals surface area contributed by atoms with E-state index in [2.05, 4.69) is 17.8 Å². The van der Waals surface area contributed by atoms with E-state index in [9.17, 15) is 4.79 Å². The van der Waals surface area contributed by atoms with Crippen molar-refractivity contribution in [3.8, 4) is 5.75 Å². The minimum atomic E-state index is -1.12. The Bertz CT molecular complexity index is 446. The maximum atomic E-state index is 10.4. The standard InChI is InChI=1S/C12H16N2O3/c1-3-8-6-9-7(2)4-5-10(11(9)17-8)13-14-12(15)16/h4-5,8,13-14H,3,6H2,1-2H3,(H,15,16). The monoisotopic (exact) mass is 236 g/mol. The van der Waals surface area contributed by atoms with Crippen molar-refractivity contribution in [2.75, 3.05) is 5.43 Å². The summed E-state index contributed by atoms with van der Waals surface area (Å²) in [7, 11) is 0. The average molecular weight is 236 g/mol. The van der Waals surface area contributed by atoms with Crippen LogP contribution in [0.5, 0.6) is 5.75 Å². The first kappa shape index (κ1) is 11.6. The van der Waals surface area contributed by atoms with Crippen LogP contribution in [-0.4, -0.2) is 17.3 Å². The number of ether oxygens (including phenoxy) is 1. The molecule has 0 saturated heterocycles. The number of benzene rings is 1. The van der Waals surface area contributed by atoms with E-state index in [1.165, 1.54) is 5.56 Å². The molecule has 1 aliphatic rings. The van der Waals surface area contributed by atoms with Gasteiger partial charge in [-0.2, -0.15) is 0 Å². The van der Waals surface area contributed by atoms with Gasteiger partial charge in [-0.3, -0.25) is 5.43 Å². The Hall–Kier alpha value is -1.91. The van der Waals surface area contributed by atoms with Crippen molar-refractivity contribution in [3.63, 3.8) is 0 Å². The lowest BCUT2D eigenvalue weighted by Gasteiger charge is -2.12. The van der Waals surface area contributed by atoms with E-state index >= 15 is 0 Å². The molecule has 0 aliphatic carbocycles. The summed E-state index contributed by atoms with van der Waals surface area (Å²) < 4.78 is 5.80. The number of nitrogens with one attached hydrogen (secondary N) is 2. The molecule has 0 saturated carbocycles. The summed E-state index contributed by atoms with van der Waals surface area (Å²) in [5.74, 6) is 0.769. The molecule has 1 unspecified atom stereocenters. The summed E-state index contributed by atoms with van der Waals surface area (Å²) in [6.07, 6.45) is 0.904. The second kappa shape index (κ2) is 4.53. The summed E-state index contributed by atoms with van der Waals surface area (Å²) >= 11 is 0. The summed E-state index contributed by atoms with van der Waals surface area (Å²) in [6, 6.07) is 3.79. The number of fused-ring (bicyclic) bond motifs is 1. The Labute approximate surface area is 99.8 Å². The Morgan fingerprint density at radius 1 is 1.59 bits per heavy atom. The summed E-state index contributed by atoms with van der Waals surface area (Å²) in [4.78, 5) is 10.4. The molecular formula is C12H16N2O3. The van der Waals surface area contributed by atoms with Gasteiger partial charge in [0, 0.05) is 12.0 Å². The number of amides is 1. The summed E-state index contributed by atoms with van der Waals surface area (Å²) in [5, 5.41) is 8.56. The maximum absolute atomic E-state index is 10.4. The van der Waals surface area contributed by atoms with Gasteiger partial charge in [-0.25, -0.2) is 10.2 Å². The molecule has 0 aromatic heterocycles. The van der Waals surface area contributed by atoms with Crippen molar-refractivity contribution >= 4 is 11.8 Å². The van der Waals surface area contributed by atoms with Crippen molar-refractivity contribution in [2.45, 2.75) is 32.8 Å². The smallest absolute Gasteiger partial charge is 0.423 e. The second-order valence-electron chi connectivity index (χ2n) is 4.15. The van der Waals surface area contributed by atoms with E-state index in [-0.39, 0.29) is 6.10 Å². The largest absolute Gasteiger partial charge is 0.488 e. The molecule has 1 atom stereocenters. The first-order chi connectivity index (χ1) is 8.11. The number of carbonyl (C=O) groups is 1. The zero-order valence-corrected chi connectivity index (χ0v) is 9.91. The minimum Gasteiger partial charge on any atom is -0.488 e. The fourth-order valence-corrected chi connectivity index (χ4v) is 2.00. The van der Waals surface area contributed by atoms with Crippen LogP contribution in [-0.2, 0) is 6.42 Å². The van der Waals surface area contributed by atoms with Gasteiger partial charge in [-0.05, 0) is 25.0 Å². The molecular weight excluding hydrogens is 220 g/mol. The van der Waals surface area contributed by atoms with Gasteiger partial charge in [0.05, 0.1) is 5.69 Å². The second-order valence-corrected chi connectivity index (χ2v) is 4.15. The molecule has 1 aromatic rings. The molecule has 5 nitrogen and oxygen atoms in total. The molecule has 0 bridgehead atoms. The lowest BCUT2D eigenvalue weighted by Crippen LogP contribution is -2.27. The average Bonchev–Trinajstić information content (AvgIpc) is 2.73. The highest BCUT2D eigenvalue weighted by Gasteiger charge is 2.25. The third kappa shape index (κ3) is 2.27. The molecule has 1 aliphatic heterocycles. The van der Waals surface area contributed by atoms with Crippen LogP contribution in [0.4, 0.5) is 10.5 Å². The predicted molar refractivity (Wildman–Crippen MR) is 64.4 cm³/mol. The fourth-order valence-electron chi connectivity index (χ4n) is 2.00. The molecule has 5 heteroatoms. The number of hydrogen-bond donors (Lipinski definition) is 3. The highest BCUT2D eigenvalue weighted by atomic mass is 16.5. The molecule has 0 spiro atoms. The first-order valence-corrected chi connectivity index (χ1v) is 5.66. The number of carboxylic acid groups (broad SMARTS) is 1. The molecule has 92 valence electrons. The van der Waals surface area contributed by atoms with Gasteiger partial charge >= 0.3 is 6.09 Å². The molecule has 1 heterocycles. The minimum absolute atomic E-state index is 0.191. The van der Waals surface area contributed by atoms with Crippen LogP contribution in [0.2, 0.25) is 0 Å². The molecule has 3 N–H and O–H groups in total. The quantitative estimate of drug-likeness (QED) is 0.704. The van der Waals surface area contributed by atoms with Crippen LogP contribution in [0.3, 0.4) is 0 Å². The molecule has 2 rings (SSSR count). The van der Waals surface area contributed by atoms with Crippen LogP contribution in [0.25, 0.3) is 0 Å². The van der Waals surface area contributed by atoms with Gasteiger partial charge in [0.2, 0.25) is 0 Å². The van der Waals surface area contributed by atoms with Gasteiger partial charge in [0.1, 0.15) is 11.9 Å². The third-order valence-corrected chi connectivity index (χ3v) is 2.97. The predicted octanol–water partition coefficient (Wildman–Crippen LogP) is 2.30. The number of anilines is 1. The molecule has 0 fully saturated rings. The van der Waals surface area contributed by atoms with Gasteiger partial charge in [0.25, 0.3) is 0 Å². The van der Waals surface area contributed by atoms with Crippen LogP contribution >= 0.6 is 0 Å². The van der Waals surface area contributed by atoms with E-state index < -0.39 is 6.09 Å². The maximum Gasteiger partial charge on any atom is 0.423 e. The molecule has 1 aromatic carbocycles. The Balaban J connectivity index is 2.25. The van der Waals surface area contributed by atoms with E-state index in [0.29, 0.717) is 5.69 Å². The first-order valence-electron chi connectivity index (χ1n) is 5.66. The summed E-state index contributed by atoms with van der Waals surface area (Å²) in [5.41, 5.74) is 7.78. The summed E-state index contributed by atoms with van der Waals surface area (Å²) in [6.45, 7) is 4.11. The van der Waals surface area contributed by atoms with E-state index in [1.807, 2.05) is 19.1 Å². The van der Waals surface area contributed by atoms with Crippen LogP contribution in [0.1, 0.15) is 24.5 Å². The lowest BCUT2D eigenvalue weighted by molar-refractivity contribution is 0.196. The van der Waals surface area contributed by atoms with Crippen molar-refractivity contribution in [1.82, 2.24) is 5.43 Å². The number of hydrazine groups is 1. The lowest BCUT2D eigenvalue weighted by atomic mass is 10.0. The van der Waals surface area contributed by atoms with E-state index in [0.717, 1.165) is 24.2 Å². The van der Waals surface area contributed by atoms with Crippen LogP contribution in [0.15, 0.2) is 12.1 Å². The van der Waals surface area contributed by atoms with E-state index in [1.54, 1.807) is 0 Å². The van der Waals surface area contributed by atoms with E-state index in [4.69, 9.17) is 9.84 Å². The van der Waals surface area contributed by atoms with Crippen molar-refractivity contribution in [2.24, 2.45) is 0 Å². The highest BCUT2D eigenvalue weighted by Crippen LogP contribution is 2.38. The third-order valence-electron chi connectivity index (χ3n) is 2.97. The van der Waals surface area contributed by atoms with Crippen molar-refractivity contribution < 1.29 is 14.6 Å². The molecule has 0 radical (unpaired) electrons. The Kier molecular flexibility index (Phi) is 3.08. The Morgan fingerprint density at radius 3 is 3.00 bits per heavy atom. The topological polar surface area (TPSA) is 70.6 Å². The van der Waals surface area contributed by atoms with Gasteiger partial charge in [-0.15, -0.1) is 0 Å². The molecule has 17 heavy (non-hydrogen) atoms.